The topological polar surface area (TPSA) is 75.4 Å². The minimum absolute atomic E-state index is 0.150. The summed E-state index contributed by atoms with van der Waals surface area (Å²) in [5.74, 6) is -0.756. The average molecular weight is 234 g/mol. The number of carbonyl (C=O) groups is 1. The van der Waals surface area contributed by atoms with Gasteiger partial charge in [0, 0.05) is 12.6 Å². The smallest absolute Gasteiger partial charge is 0.320 e. The molecule has 4 nitrogen and oxygen atoms in total. The van der Waals surface area contributed by atoms with Gasteiger partial charge in [0.2, 0.25) is 0 Å². The molecule has 1 aliphatic rings. The Labute approximate surface area is 101 Å². The molecule has 1 fully saturated rings. The van der Waals surface area contributed by atoms with Crippen LogP contribution in [0.25, 0.3) is 0 Å². The van der Waals surface area contributed by atoms with E-state index in [2.05, 4.69) is 5.32 Å². The van der Waals surface area contributed by atoms with Crippen LogP contribution in [-0.2, 0) is 11.3 Å². The molecule has 0 aromatic heterocycles. The summed E-state index contributed by atoms with van der Waals surface area (Å²) in [5.41, 5.74) is 7.79. The van der Waals surface area contributed by atoms with Crippen LogP contribution in [0.4, 0.5) is 0 Å². The van der Waals surface area contributed by atoms with Crippen LogP contribution in [0.15, 0.2) is 24.3 Å². The lowest BCUT2D eigenvalue weighted by atomic mass is 9.93. The number of piperidine rings is 1. The second kappa shape index (κ2) is 5.29. The van der Waals surface area contributed by atoms with E-state index in [1.165, 1.54) is 0 Å². The first-order valence-corrected chi connectivity index (χ1v) is 5.98. The normalized spacial score (nSPS) is 24.5. The molecular weight excluding hydrogens is 216 g/mol. The standard InChI is InChI=1S/C13H18N2O2/c14-8-9-4-6-10(7-5-9)11-2-1-3-12(15-11)13(16)17/h4-7,11-12,15H,1-3,8,14H2,(H,16,17). The van der Waals surface area contributed by atoms with Crippen molar-refractivity contribution in [2.45, 2.75) is 37.9 Å². The van der Waals surface area contributed by atoms with Crippen LogP contribution in [0.1, 0.15) is 36.4 Å². The summed E-state index contributed by atoms with van der Waals surface area (Å²) in [4.78, 5) is 11.0. The molecule has 0 bridgehead atoms. The Kier molecular flexibility index (Phi) is 3.76. The van der Waals surface area contributed by atoms with Crippen LogP contribution >= 0.6 is 0 Å². The Bertz CT molecular complexity index is 389. The molecule has 2 unspecified atom stereocenters. The number of hydrogen-bond donors (Lipinski definition) is 3. The maximum absolute atomic E-state index is 11.0. The number of rotatable bonds is 3. The van der Waals surface area contributed by atoms with E-state index in [0.717, 1.165) is 24.0 Å². The lowest BCUT2D eigenvalue weighted by molar-refractivity contribution is -0.140. The monoisotopic (exact) mass is 234 g/mol. The van der Waals surface area contributed by atoms with Crippen LogP contribution in [0.5, 0.6) is 0 Å². The second-order valence-corrected chi connectivity index (χ2v) is 4.49. The Balaban J connectivity index is 2.08. The number of carboxylic acid groups (broad SMARTS) is 1. The molecular formula is C13H18N2O2. The van der Waals surface area contributed by atoms with Crippen LogP contribution in [-0.4, -0.2) is 17.1 Å². The Morgan fingerprint density at radius 3 is 2.65 bits per heavy atom. The summed E-state index contributed by atoms with van der Waals surface area (Å²) >= 11 is 0. The maximum atomic E-state index is 11.0. The molecule has 1 aromatic rings. The predicted octanol–water partition coefficient (Wildman–Crippen LogP) is 1.41. The third-order valence-corrected chi connectivity index (χ3v) is 3.30. The van der Waals surface area contributed by atoms with E-state index in [4.69, 9.17) is 10.8 Å². The highest BCUT2D eigenvalue weighted by atomic mass is 16.4. The molecule has 1 saturated heterocycles. The van der Waals surface area contributed by atoms with Crippen LogP contribution in [0.2, 0.25) is 0 Å². The molecule has 0 aliphatic carbocycles. The number of hydrogen-bond acceptors (Lipinski definition) is 3. The number of carboxylic acids is 1. The molecule has 4 heteroatoms. The molecule has 0 spiro atoms. The van der Waals surface area contributed by atoms with E-state index >= 15 is 0 Å². The van der Waals surface area contributed by atoms with Gasteiger partial charge in [0.05, 0.1) is 0 Å². The number of benzene rings is 1. The van der Waals surface area contributed by atoms with Crippen molar-refractivity contribution in [2.75, 3.05) is 0 Å². The molecule has 0 saturated carbocycles. The molecule has 4 N–H and O–H groups in total. The Morgan fingerprint density at radius 2 is 2.06 bits per heavy atom. The molecule has 92 valence electrons. The minimum atomic E-state index is -0.756. The fourth-order valence-electron chi connectivity index (χ4n) is 2.28. The zero-order valence-corrected chi connectivity index (χ0v) is 9.73. The van der Waals surface area contributed by atoms with Crippen molar-refractivity contribution in [3.8, 4) is 0 Å². The van der Waals surface area contributed by atoms with E-state index < -0.39 is 12.0 Å². The van der Waals surface area contributed by atoms with Crippen molar-refractivity contribution in [1.82, 2.24) is 5.32 Å². The maximum Gasteiger partial charge on any atom is 0.320 e. The molecule has 0 radical (unpaired) electrons. The van der Waals surface area contributed by atoms with Crippen molar-refractivity contribution >= 4 is 5.97 Å². The molecule has 1 heterocycles. The molecule has 1 aromatic carbocycles. The van der Waals surface area contributed by atoms with E-state index in [0.29, 0.717) is 13.0 Å². The third kappa shape index (κ3) is 2.84. The van der Waals surface area contributed by atoms with E-state index in [-0.39, 0.29) is 6.04 Å². The summed E-state index contributed by atoms with van der Waals surface area (Å²) in [6, 6.07) is 7.80. The second-order valence-electron chi connectivity index (χ2n) is 4.49. The minimum Gasteiger partial charge on any atom is -0.480 e. The summed E-state index contributed by atoms with van der Waals surface area (Å²) in [5, 5.41) is 12.2. The van der Waals surface area contributed by atoms with Gasteiger partial charge >= 0.3 is 5.97 Å². The van der Waals surface area contributed by atoms with Crippen molar-refractivity contribution in [3.63, 3.8) is 0 Å². The number of nitrogens with two attached hydrogens (primary N) is 1. The summed E-state index contributed by atoms with van der Waals surface area (Å²) in [6.07, 6.45) is 2.66. The van der Waals surface area contributed by atoms with E-state index in [1.54, 1.807) is 0 Å². The largest absolute Gasteiger partial charge is 0.480 e. The quantitative estimate of drug-likeness (QED) is 0.739. The van der Waals surface area contributed by atoms with Crippen LogP contribution in [0, 0.1) is 0 Å². The first-order chi connectivity index (χ1) is 8.20. The lowest BCUT2D eigenvalue weighted by Gasteiger charge is -2.29. The summed E-state index contributed by atoms with van der Waals surface area (Å²) in [6.45, 7) is 0.538. The van der Waals surface area contributed by atoms with Gasteiger partial charge in [-0.1, -0.05) is 24.3 Å². The molecule has 0 amide bonds. The fraction of sp³-hybridized carbons (Fsp3) is 0.462. The van der Waals surface area contributed by atoms with Crippen molar-refractivity contribution < 1.29 is 9.90 Å². The fourth-order valence-corrected chi connectivity index (χ4v) is 2.28. The highest BCUT2D eigenvalue weighted by Crippen LogP contribution is 2.25. The van der Waals surface area contributed by atoms with E-state index in [1.807, 2.05) is 24.3 Å². The lowest BCUT2D eigenvalue weighted by Crippen LogP contribution is -2.42. The van der Waals surface area contributed by atoms with Crippen molar-refractivity contribution in [3.05, 3.63) is 35.4 Å². The van der Waals surface area contributed by atoms with Crippen LogP contribution in [0.3, 0.4) is 0 Å². The first-order valence-electron chi connectivity index (χ1n) is 5.98. The zero-order chi connectivity index (χ0) is 12.3. The number of aliphatic carboxylic acids is 1. The molecule has 2 rings (SSSR count). The molecule has 2 atom stereocenters. The van der Waals surface area contributed by atoms with Gasteiger partial charge in [-0.3, -0.25) is 10.1 Å². The van der Waals surface area contributed by atoms with Crippen molar-refractivity contribution in [1.29, 1.82) is 0 Å². The summed E-state index contributed by atoms with van der Waals surface area (Å²) < 4.78 is 0. The Morgan fingerprint density at radius 1 is 1.35 bits per heavy atom. The van der Waals surface area contributed by atoms with Gasteiger partial charge in [0.1, 0.15) is 6.04 Å². The zero-order valence-electron chi connectivity index (χ0n) is 9.73. The van der Waals surface area contributed by atoms with Crippen molar-refractivity contribution in [2.24, 2.45) is 5.73 Å². The molecule has 17 heavy (non-hydrogen) atoms. The number of nitrogens with one attached hydrogen (secondary N) is 1. The third-order valence-electron chi connectivity index (χ3n) is 3.30. The van der Waals surface area contributed by atoms with E-state index in [9.17, 15) is 4.79 Å². The van der Waals surface area contributed by atoms with Gasteiger partial charge in [-0.25, -0.2) is 0 Å². The Hall–Kier alpha value is -1.39. The SMILES string of the molecule is NCc1ccc(C2CCCC(C(=O)O)N2)cc1. The van der Waals surface area contributed by atoms with Gasteiger partial charge in [-0.15, -0.1) is 0 Å². The van der Waals surface area contributed by atoms with Gasteiger partial charge < -0.3 is 10.8 Å². The highest BCUT2D eigenvalue weighted by molar-refractivity contribution is 5.73. The molecule has 1 aliphatic heterocycles. The highest BCUT2D eigenvalue weighted by Gasteiger charge is 2.26. The average Bonchev–Trinajstić information content (AvgIpc) is 2.39. The first kappa shape index (κ1) is 12.1. The van der Waals surface area contributed by atoms with Gasteiger partial charge in [0.15, 0.2) is 0 Å². The van der Waals surface area contributed by atoms with Gasteiger partial charge in [-0.2, -0.15) is 0 Å². The van der Waals surface area contributed by atoms with Gasteiger partial charge in [0.25, 0.3) is 0 Å². The summed E-state index contributed by atoms with van der Waals surface area (Å²) in [7, 11) is 0. The van der Waals surface area contributed by atoms with Crippen LogP contribution < -0.4 is 11.1 Å². The van der Waals surface area contributed by atoms with Gasteiger partial charge in [-0.05, 0) is 30.4 Å². The predicted molar refractivity (Wildman–Crippen MR) is 65.5 cm³/mol.